The Morgan fingerprint density at radius 3 is 2.71 bits per heavy atom. The largest absolute Gasteiger partial charge is 0.456 e. The predicted octanol–water partition coefficient (Wildman–Crippen LogP) is 4.63. The van der Waals surface area contributed by atoms with E-state index in [-0.39, 0.29) is 24.8 Å². The number of rotatable bonds is 3. The maximum Gasteiger partial charge on any atom is 0.411 e. The van der Waals surface area contributed by atoms with Gasteiger partial charge in [0.25, 0.3) is 0 Å². The lowest BCUT2D eigenvalue weighted by molar-refractivity contribution is -0.0343. The minimum absolute atomic E-state index is 0.0461. The summed E-state index contributed by atoms with van der Waals surface area (Å²) < 4.78 is 17.3. The highest BCUT2D eigenvalue weighted by molar-refractivity contribution is 5.83. The van der Waals surface area contributed by atoms with Gasteiger partial charge in [-0.2, -0.15) is 0 Å². The van der Waals surface area contributed by atoms with Crippen molar-refractivity contribution in [3.05, 3.63) is 78.1 Å². The minimum Gasteiger partial charge on any atom is -0.456 e. The molecule has 0 radical (unpaired) electrons. The van der Waals surface area contributed by atoms with Crippen molar-refractivity contribution in [2.75, 3.05) is 13.2 Å². The molecular formula is C23H21NO4. The van der Waals surface area contributed by atoms with Gasteiger partial charge in [-0.1, -0.05) is 54.6 Å². The van der Waals surface area contributed by atoms with Crippen LogP contribution in [-0.2, 0) is 16.1 Å². The fraction of sp³-hybridized carbons (Fsp3) is 0.261. The summed E-state index contributed by atoms with van der Waals surface area (Å²) in [5, 5.41) is 1.09. The zero-order valence-electron chi connectivity index (χ0n) is 15.4. The van der Waals surface area contributed by atoms with Crippen LogP contribution in [0.4, 0.5) is 4.79 Å². The van der Waals surface area contributed by atoms with Crippen molar-refractivity contribution < 1.29 is 18.7 Å². The molecule has 2 bridgehead atoms. The van der Waals surface area contributed by atoms with Gasteiger partial charge in [0.2, 0.25) is 0 Å². The van der Waals surface area contributed by atoms with Gasteiger partial charge in [-0.15, -0.1) is 0 Å². The smallest absolute Gasteiger partial charge is 0.411 e. The molecule has 0 spiro atoms. The molecule has 1 saturated heterocycles. The predicted molar refractivity (Wildman–Crippen MR) is 106 cm³/mol. The van der Waals surface area contributed by atoms with Crippen molar-refractivity contribution in [2.45, 2.75) is 25.1 Å². The Kier molecular flexibility index (Phi) is 4.37. The summed E-state index contributed by atoms with van der Waals surface area (Å²) in [4.78, 5) is 14.6. The first-order valence-electron chi connectivity index (χ1n) is 9.54. The van der Waals surface area contributed by atoms with Gasteiger partial charge in [0, 0.05) is 5.39 Å². The van der Waals surface area contributed by atoms with Crippen LogP contribution in [0.5, 0.6) is 0 Å². The number of benzene rings is 2. The van der Waals surface area contributed by atoms with Crippen LogP contribution in [0.15, 0.2) is 71.2 Å². The molecule has 2 unspecified atom stereocenters. The Hall–Kier alpha value is -3.05. The van der Waals surface area contributed by atoms with E-state index in [0.717, 1.165) is 27.9 Å². The summed E-state index contributed by atoms with van der Waals surface area (Å²) in [6, 6.07) is 19.6. The number of hydrogen-bond donors (Lipinski definition) is 0. The zero-order valence-corrected chi connectivity index (χ0v) is 15.4. The van der Waals surface area contributed by atoms with E-state index in [9.17, 15) is 4.79 Å². The molecule has 0 aliphatic carbocycles. The van der Waals surface area contributed by atoms with Gasteiger partial charge in [0.15, 0.2) is 0 Å². The zero-order chi connectivity index (χ0) is 18.9. The average Bonchev–Trinajstić information content (AvgIpc) is 3.16. The molecule has 3 aromatic rings. The molecule has 28 heavy (non-hydrogen) atoms. The number of morpholine rings is 1. The quantitative estimate of drug-likeness (QED) is 0.670. The molecule has 2 aliphatic rings. The van der Waals surface area contributed by atoms with E-state index in [4.69, 9.17) is 13.9 Å². The molecule has 2 atom stereocenters. The normalized spacial score (nSPS) is 21.4. The van der Waals surface area contributed by atoms with E-state index in [1.54, 1.807) is 0 Å². The second kappa shape index (κ2) is 7.17. The summed E-state index contributed by atoms with van der Waals surface area (Å²) in [7, 11) is 0. The number of furan rings is 1. The third-order valence-corrected chi connectivity index (χ3v) is 5.36. The third kappa shape index (κ3) is 3.18. The Labute approximate surface area is 163 Å². The molecule has 1 aromatic heterocycles. The topological polar surface area (TPSA) is 51.9 Å². The van der Waals surface area contributed by atoms with Gasteiger partial charge in [0.1, 0.15) is 18.0 Å². The number of fused-ring (bicyclic) bond motifs is 3. The van der Waals surface area contributed by atoms with Crippen molar-refractivity contribution in [1.29, 1.82) is 0 Å². The fourth-order valence-electron chi connectivity index (χ4n) is 4.00. The van der Waals surface area contributed by atoms with Gasteiger partial charge in [-0.25, -0.2) is 4.79 Å². The molecule has 0 N–H and O–H groups in total. The summed E-state index contributed by atoms with van der Waals surface area (Å²) in [6.45, 7) is 1.26. The SMILES string of the molecule is O=C(OCc1ccccc1)N1C2C=C(c3cc4ccccc4o3)CC1COC2. The molecule has 3 heterocycles. The monoisotopic (exact) mass is 375 g/mol. The van der Waals surface area contributed by atoms with Crippen molar-refractivity contribution in [1.82, 2.24) is 4.90 Å². The first-order chi connectivity index (χ1) is 13.8. The number of hydrogen-bond acceptors (Lipinski definition) is 4. The number of carbonyl (C=O) groups is 1. The van der Waals surface area contributed by atoms with Crippen LogP contribution < -0.4 is 0 Å². The Bertz CT molecular complexity index is 990. The van der Waals surface area contributed by atoms with Crippen LogP contribution in [0.1, 0.15) is 17.7 Å². The van der Waals surface area contributed by atoms with Gasteiger partial charge < -0.3 is 13.9 Å². The molecule has 1 fully saturated rings. The van der Waals surface area contributed by atoms with E-state index in [2.05, 4.69) is 12.1 Å². The number of amides is 1. The Morgan fingerprint density at radius 2 is 1.89 bits per heavy atom. The van der Waals surface area contributed by atoms with Crippen molar-refractivity contribution in [3.8, 4) is 0 Å². The molecule has 5 rings (SSSR count). The Balaban J connectivity index is 1.36. The number of para-hydroxylation sites is 1. The van der Waals surface area contributed by atoms with E-state index in [1.807, 2.05) is 59.5 Å². The number of carbonyl (C=O) groups excluding carboxylic acids is 1. The van der Waals surface area contributed by atoms with E-state index >= 15 is 0 Å². The van der Waals surface area contributed by atoms with Crippen LogP contribution in [-0.4, -0.2) is 36.3 Å². The maximum absolute atomic E-state index is 12.8. The van der Waals surface area contributed by atoms with Crippen LogP contribution in [0.2, 0.25) is 0 Å². The van der Waals surface area contributed by atoms with Crippen LogP contribution in [0.3, 0.4) is 0 Å². The second-order valence-electron chi connectivity index (χ2n) is 7.25. The lowest BCUT2D eigenvalue weighted by Gasteiger charge is -2.43. The van der Waals surface area contributed by atoms with E-state index in [0.29, 0.717) is 19.6 Å². The van der Waals surface area contributed by atoms with Gasteiger partial charge in [-0.05, 0) is 29.7 Å². The summed E-state index contributed by atoms with van der Waals surface area (Å²) in [6.07, 6.45) is 2.48. The van der Waals surface area contributed by atoms with Crippen LogP contribution >= 0.6 is 0 Å². The van der Waals surface area contributed by atoms with Gasteiger partial charge in [0.05, 0.1) is 25.3 Å². The summed E-state index contributed by atoms with van der Waals surface area (Å²) in [5.41, 5.74) is 2.99. The lowest BCUT2D eigenvalue weighted by atomic mass is 9.93. The molecule has 2 aliphatic heterocycles. The standard InChI is InChI=1S/C23H21NO4/c25-23(27-13-16-6-2-1-3-7-16)24-19-10-18(11-20(24)15-26-14-19)22-12-17-8-4-5-9-21(17)28-22/h1-10,12,19-20H,11,13-15H2. The van der Waals surface area contributed by atoms with Gasteiger partial charge >= 0.3 is 6.09 Å². The Morgan fingerprint density at radius 1 is 1.07 bits per heavy atom. The first kappa shape index (κ1) is 17.1. The average molecular weight is 375 g/mol. The van der Waals surface area contributed by atoms with Crippen LogP contribution in [0.25, 0.3) is 16.5 Å². The number of nitrogens with zero attached hydrogens (tertiary/aromatic N) is 1. The molecular weight excluding hydrogens is 354 g/mol. The maximum atomic E-state index is 12.8. The van der Waals surface area contributed by atoms with Crippen molar-refractivity contribution in [2.24, 2.45) is 0 Å². The highest BCUT2D eigenvalue weighted by atomic mass is 16.6. The summed E-state index contributed by atoms with van der Waals surface area (Å²) >= 11 is 0. The molecule has 1 amide bonds. The molecule has 5 heteroatoms. The highest BCUT2D eigenvalue weighted by Crippen LogP contribution is 2.35. The van der Waals surface area contributed by atoms with Crippen molar-refractivity contribution in [3.63, 3.8) is 0 Å². The van der Waals surface area contributed by atoms with Crippen molar-refractivity contribution >= 4 is 22.6 Å². The lowest BCUT2D eigenvalue weighted by Crippen LogP contribution is -2.56. The van der Waals surface area contributed by atoms with E-state index < -0.39 is 0 Å². The summed E-state index contributed by atoms with van der Waals surface area (Å²) in [5.74, 6) is 0.871. The first-order valence-corrected chi connectivity index (χ1v) is 9.54. The number of ether oxygens (including phenoxy) is 2. The third-order valence-electron chi connectivity index (χ3n) is 5.36. The molecule has 142 valence electrons. The highest BCUT2D eigenvalue weighted by Gasteiger charge is 2.39. The minimum atomic E-state index is -0.290. The molecule has 2 aromatic carbocycles. The van der Waals surface area contributed by atoms with E-state index in [1.165, 1.54) is 0 Å². The van der Waals surface area contributed by atoms with Gasteiger partial charge in [-0.3, -0.25) is 4.90 Å². The molecule has 0 saturated carbocycles. The second-order valence-corrected chi connectivity index (χ2v) is 7.25. The fourth-order valence-corrected chi connectivity index (χ4v) is 4.00. The molecule has 5 nitrogen and oxygen atoms in total. The van der Waals surface area contributed by atoms with Crippen LogP contribution in [0, 0.1) is 0 Å².